The lowest BCUT2D eigenvalue weighted by atomic mass is 10.1. The number of aromatic nitrogens is 2. The van der Waals surface area contributed by atoms with Gasteiger partial charge in [0, 0.05) is 55.1 Å². The molecule has 1 aromatic heterocycles. The summed E-state index contributed by atoms with van der Waals surface area (Å²) in [6.45, 7) is 1.33. The number of amides is 2. The first-order valence-electron chi connectivity index (χ1n) is 9.37. The van der Waals surface area contributed by atoms with Crippen LogP contribution in [0.3, 0.4) is 0 Å². The average Bonchev–Trinajstić information content (AvgIpc) is 3.41. The van der Waals surface area contributed by atoms with Crippen LogP contribution in [0, 0.1) is 5.92 Å². The van der Waals surface area contributed by atoms with Crippen LogP contribution < -0.4 is 5.32 Å². The van der Waals surface area contributed by atoms with E-state index in [4.69, 9.17) is 0 Å². The minimum absolute atomic E-state index is 0.0889. The highest BCUT2D eigenvalue weighted by molar-refractivity contribution is 5.94. The first-order valence-corrected chi connectivity index (χ1v) is 9.37. The Bertz CT molecular complexity index is 764. The summed E-state index contributed by atoms with van der Waals surface area (Å²) >= 11 is 0. The Morgan fingerprint density at radius 3 is 2.65 bits per heavy atom. The standard InChI is InChI=1S/C20H24N4O2/c25-19-11-15(13-24(19)18-3-1-2-4-18)12-22-20(26)16-5-7-17(8-6-16)23-10-9-21-14-23/h5-10,14-15,18H,1-4,11-13H2,(H,22,26). The molecule has 1 unspecified atom stereocenters. The summed E-state index contributed by atoms with van der Waals surface area (Å²) in [5.74, 6) is 0.382. The van der Waals surface area contributed by atoms with E-state index >= 15 is 0 Å². The number of rotatable bonds is 5. The second-order valence-electron chi connectivity index (χ2n) is 7.28. The van der Waals surface area contributed by atoms with Crippen LogP contribution in [0.1, 0.15) is 42.5 Å². The summed E-state index contributed by atoms with van der Waals surface area (Å²) < 4.78 is 1.89. The molecule has 0 spiro atoms. The van der Waals surface area contributed by atoms with Crippen molar-refractivity contribution >= 4 is 11.8 Å². The zero-order valence-electron chi connectivity index (χ0n) is 14.8. The van der Waals surface area contributed by atoms with Gasteiger partial charge in [-0.15, -0.1) is 0 Å². The van der Waals surface area contributed by atoms with Crippen molar-refractivity contribution < 1.29 is 9.59 Å². The van der Waals surface area contributed by atoms with E-state index < -0.39 is 0 Å². The number of carbonyl (C=O) groups excluding carboxylic acids is 2. The molecule has 2 fully saturated rings. The maximum Gasteiger partial charge on any atom is 0.251 e. The number of carbonyl (C=O) groups is 2. The monoisotopic (exact) mass is 352 g/mol. The molecule has 6 nitrogen and oxygen atoms in total. The quantitative estimate of drug-likeness (QED) is 0.898. The third-order valence-electron chi connectivity index (χ3n) is 5.49. The molecule has 1 aliphatic carbocycles. The smallest absolute Gasteiger partial charge is 0.251 e. The molecule has 1 N–H and O–H groups in total. The Kier molecular flexibility index (Phi) is 4.73. The molecule has 2 aliphatic rings. The summed E-state index contributed by atoms with van der Waals surface area (Å²) in [6, 6.07) is 7.86. The normalized spacial score (nSPS) is 20.7. The van der Waals surface area contributed by atoms with Gasteiger partial charge >= 0.3 is 0 Å². The van der Waals surface area contributed by atoms with Crippen molar-refractivity contribution in [1.82, 2.24) is 19.8 Å². The van der Waals surface area contributed by atoms with Gasteiger partial charge in [0.25, 0.3) is 5.91 Å². The van der Waals surface area contributed by atoms with Gasteiger partial charge in [0.05, 0.1) is 6.33 Å². The SMILES string of the molecule is O=C(NCC1CC(=O)N(C2CCCC2)C1)c1ccc(-n2ccnc2)cc1. The summed E-state index contributed by atoms with van der Waals surface area (Å²) in [4.78, 5) is 30.7. The molecule has 1 aromatic carbocycles. The van der Waals surface area contributed by atoms with E-state index in [-0.39, 0.29) is 17.7 Å². The van der Waals surface area contributed by atoms with Gasteiger partial charge in [-0.25, -0.2) is 4.98 Å². The lowest BCUT2D eigenvalue weighted by Gasteiger charge is -2.24. The number of likely N-dealkylation sites (tertiary alicyclic amines) is 1. The molecule has 0 bridgehead atoms. The molecule has 0 radical (unpaired) electrons. The van der Waals surface area contributed by atoms with Crippen molar-refractivity contribution in [3.05, 3.63) is 48.5 Å². The summed E-state index contributed by atoms with van der Waals surface area (Å²) in [6.07, 6.45) is 10.6. The van der Waals surface area contributed by atoms with Crippen LogP contribution in [0.15, 0.2) is 43.0 Å². The Morgan fingerprint density at radius 1 is 1.19 bits per heavy atom. The molecule has 1 aliphatic heterocycles. The van der Waals surface area contributed by atoms with E-state index in [2.05, 4.69) is 10.3 Å². The van der Waals surface area contributed by atoms with E-state index in [1.807, 2.05) is 39.9 Å². The van der Waals surface area contributed by atoms with Crippen LogP contribution in [0.2, 0.25) is 0 Å². The molecule has 1 saturated carbocycles. The van der Waals surface area contributed by atoms with Crippen molar-refractivity contribution in [2.75, 3.05) is 13.1 Å². The van der Waals surface area contributed by atoms with Gasteiger partial charge < -0.3 is 14.8 Å². The maximum absolute atomic E-state index is 12.4. The molecule has 136 valence electrons. The van der Waals surface area contributed by atoms with Crippen LogP contribution in [-0.2, 0) is 4.79 Å². The molecule has 4 rings (SSSR count). The first kappa shape index (κ1) is 16.8. The van der Waals surface area contributed by atoms with Gasteiger partial charge in [0.15, 0.2) is 0 Å². The molecular formula is C20H24N4O2. The number of nitrogens with one attached hydrogen (secondary N) is 1. The second-order valence-corrected chi connectivity index (χ2v) is 7.28. The minimum atomic E-state index is -0.0889. The van der Waals surface area contributed by atoms with Crippen molar-refractivity contribution in [1.29, 1.82) is 0 Å². The topological polar surface area (TPSA) is 67.2 Å². The molecule has 1 atom stereocenters. The third-order valence-corrected chi connectivity index (χ3v) is 5.49. The van der Waals surface area contributed by atoms with Crippen LogP contribution in [0.5, 0.6) is 0 Å². The van der Waals surface area contributed by atoms with Crippen LogP contribution >= 0.6 is 0 Å². The third kappa shape index (κ3) is 3.49. The highest BCUT2D eigenvalue weighted by atomic mass is 16.2. The van der Waals surface area contributed by atoms with Gasteiger partial charge in [-0.05, 0) is 37.1 Å². The Balaban J connectivity index is 1.30. The Hall–Kier alpha value is -2.63. The lowest BCUT2D eigenvalue weighted by Crippen LogP contribution is -2.36. The van der Waals surface area contributed by atoms with Gasteiger partial charge in [0.1, 0.15) is 0 Å². The Morgan fingerprint density at radius 2 is 1.96 bits per heavy atom. The predicted octanol–water partition coefficient (Wildman–Crippen LogP) is 2.39. The number of nitrogens with zero attached hydrogens (tertiary/aromatic N) is 3. The van der Waals surface area contributed by atoms with E-state index in [1.54, 1.807) is 12.5 Å². The fourth-order valence-electron chi connectivity index (χ4n) is 4.05. The number of hydrogen-bond acceptors (Lipinski definition) is 3. The largest absolute Gasteiger partial charge is 0.352 e. The summed E-state index contributed by atoms with van der Waals surface area (Å²) in [7, 11) is 0. The van der Waals surface area contributed by atoms with E-state index in [0.29, 0.717) is 24.6 Å². The van der Waals surface area contributed by atoms with Crippen LogP contribution in [-0.4, -0.2) is 45.4 Å². The molecule has 26 heavy (non-hydrogen) atoms. The van der Waals surface area contributed by atoms with Crippen molar-refractivity contribution in [3.8, 4) is 5.69 Å². The van der Waals surface area contributed by atoms with Gasteiger partial charge in [-0.3, -0.25) is 9.59 Å². The number of benzene rings is 1. The fraction of sp³-hybridized carbons (Fsp3) is 0.450. The first-order chi connectivity index (χ1) is 12.7. The van der Waals surface area contributed by atoms with E-state index in [1.165, 1.54) is 12.8 Å². The summed E-state index contributed by atoms with van der Waals surface area (Å²) in [5.41, 5.74) is 1.60. The maximum atomic E-state index is 12.4. The molecule has 6 heteroatoms. The van der Waals surface area contributed by atoms with Crippen molar-refractivity contribution in [2.24, 2.45) is 5.92 Å². The van der Waals surface area contributed by atoms with Gasteiger partial charge in [-0.1, -0.05) is 12.8 Å². The zero-order valence-corrected chi connectivity index (χ0v) is 14.8. The number of hydrogen-bond donors (Lipinski definition) is 1. The minimum Gasteiger partial charge on any atom is -0.352 e. The lowest BCUT2D eigenvalue weighted by molar-refractivity contribution is -0.129. The van der Waals surface area contributed by atoms with Gasteiger partial charge in [-0.2, -0.15) is 0 Å². The van der Waals surface area contributed by atoms with Crippen molar-refractivity contribution in [2.45, 2.75) is 38.1 Å². The Labute approximate surface area is 153 Å². The second kappa shape index (κ2) is 7.32. The molecule has 2 heterocycles. The van der Waals surface area contributed by atoms with Crippen LogP contribution in [0.4, 0.5) is 0 Å². The molecule has 2 amide bonds. The molecular weight excluding hydrogens is 328 g/mol. The van der Waals surface area contributed by atoms with Crippen LogP contribution in [0.25, 0.3) is 5.69 Å². The average molecular weight is 352 g/mol. The van der Waals surface area contributed by atoms with E-state index in [9.17, 15) is 9.59 Å². The highest BCUT2D eigenvalue weighted by Gasteiger charge is 2.35. The van der Waals surface area contributed by atoms with Crippen molar-refractivity contribution in [3.63, 3.8) is 0 Å². The van der Waals surface area contributed by atoms with E-state index in [0.717, 1.165) is 25.1 Å². The molecule has 2 aromatic rings. The highest BCUT2D eigenvalue weighted by Crippen LogP contribution is 2.29. The fourth-order valence-corrected chi connectivity index (χ4v) is 4.05. The predicted molar refractivity (Wildman–Crippen MR) is 98.0 cm³/mol. The summed E-state index contributed by atoms with van der Waals surface area (Å²) in [5, 5.41) is 2.99. The van der Waals surface area contributed by atoms with Gasteiger partial charge in [0.2, 0.25) is 5.91 Å². The zero-order chi connectivity index (χ0) is 17.9. The number of imidazole rings is 1. The molecule has 1 saturated heterocycles.